The Morgan fingerprint density at radius 1 is 0.688 bits per heavy atom. The first-order chi connectivity index (χ1) is 14.8. The van der Waals surface area contributed by atoms with Crippen molar-refractivity contribution in [2.75, 3.05) is 20.9 Å². The zero-order valence-corrected chi connectivity index (χ0v) is 19.9. The van der Waals surface area contributed by atoms with E-state index in [2.05, 4.69) is 9.44 Å². The Bertz CT molecular complexity index is 1420. The van der Waals surface area contributed by atoms with Crippen LogP contribution in [0.3, 0.4) is 0 Å². The highest BCUT2D eigenvalue weighted by Crippen LogP contribution is 2.30. The highest BCUT2D eigenvalue weighted by atomic mass is 32.2. The standard InChI is InChI=1S/C22H26N4O4S2/c1-13-5-8-21(19(24)9-13)31(27,28)26-20-12-18(10-15(3)16(20)4)25-32(29,30)22-11-17(23)7-6-14(22)2/h5-12,25-26H,23-24H2,1-4H3. The molecular formula is C22H26N4O4S2. The summed E-state index contributed by atoms with van der Waals surface area (Å²) < 4.78 is 56.8. The van der Waals surface area contributed by atoms with Crippen molar-refractivity contribution in [2.24, 2.45) is 0 Å². The lowest BCUT2D eigenvalue weighted by atomic mass is 10.1. The van der Waals surface area contributed by atoms with Gasteiger partial charge in [0.2, 0.25) is 0 Å². The number of rotatable bonds is 6. The monoisotopic (exact) mass is 474 g/mol. The van der Waals surface area contributed by atoms with E-state index in [9.17, 15) is 16.8 Å². The van der Waals surface area contributed by atoms with Crippen LogP contribution in [-0.2, 0) is 20.0 Å². The van der Waals surface area contributed by atoms with Crippen molar-refractivity contribution in [3.05, 3.63) is 70.8 Å². The van der Waals surface area contributed by atoms with Gasteiger partial charge in [0.05, 0.1) is 22.0 Å². The lowest BCUT2D eigenvalue weighted by molar-refractivity contribution is 0.599. The summed E-state index contributed by atoms with van der Waals surface area (Å²) in [6, 6.07) is 12.3. The highest BCUT2D eigenvalue weighted by molar-refractivity contribution is 7.93. The van der Waals surface area contributed by atoms with Crippen molar-refractivity contribution in [1.82, 2.24) is 0 Å². The van der Waals surface area contributed by atoms with Gasteiger partial charge < -0.3 is 11.5 Å². The Labute approximate surface area is 188 Å². The fraction of sp³-hybridized carbons (Fsp3) is 0.182. The average molecular weight is 475 g/mol. The molecule has 0 aliphatic carbocycles. The molecule has 3 rings (SSSR count). The summed E-state index contributed by atoms with van der Waals surface area (Å²) in [7, 11) is -7.94. The van der Waals surface area contributed by atoms with E-state index in [-0.39, 0.29) is 26.9 Å². The van der Waals surface area contributed by atoms with Crippen molar-refractivity contribution in [1.29, 1.82) is 0 Å². The van der Waals surface area contributed by atoms with Gasteiger partial charge in [-0.1, -0.05) is 12.1 Å². The quantitative estimate of drug-likeness (QED) is 0.401. The van der Waals surface area contributed by atoms with Gasteiger partial charge in [0.25, 0.3) is 20.0 Å². The fourth-order valence-electron chi connectivity index (χ4n) is 3.25. The van der Waals surface area contributed by atoms with Gasteiger partial charge in [0.15, 0.2) is 0 Å². The molecule has 0 atom stereocenters. The predicted octanol–water partition coefficient (Wildman–Crippen LogP) is 3.69. The van der Waals surface area contributed by atoms with Crippen molar-refractivity contribution in [3.63, 3.8) is 0 Å². The van der Waals surface area contributed by atoms with Crippen molar-refractivity contribution in [2.45, 2.75) is 37.5 Å². The molecular weight excluding hydrogens is 448 g/mol. The lowest BCUT2D eigenvalue weighted by Crippen LogP contribution is -2.17. The van der Waals surface area contributed by atoms with Crippen LogP contribution < -0.4 is 20.9 Å². The summed E-state index contributed by atoms with van der Waals surface area (Å²) in [6.07, 6.45) is 0. The smallest absolute Gasteiger partial charge is 0.263 e. The van der Waals surface area contributed by atoms with E-state index >= 15 is 0 Å². The minimum atomic E-state index is -3.99. The molecule has 3 aromatic carbocycles. The summed E-state index contributed by atoms with van der Waals surface area (Å²) in [6.45, 7) is 6.98. The van der Waals surface area contributed by atoms with E-state index < -0.39 is 20.0 Å². The molecule has 0 unspecified atom stereocenters. The molecule has 0 saturated carbocycles. The molecule has 0 spiro atoms. The second-order valence-electron chi connectivity index (χ2n) is 7.74. The Hall–Kier alpha value is -3.24. The third kappa shape index (κ3) is 4.81. The SMILES string of the molecule is Cc1ccc(S(=O)(=O)Nc2cc(NS(=O)(=O)c3cc(N)ccc3C)cc(C)c2C)c(N)c1. The van der Waals surface area contributed by atoms with Crippen LogP contribution in [0.25, 0.3) is 0 Å². The van der Waals surface area contributed by atoms with Gasteiger partial charge >= 0.3 is 0 Å². The molecule has 0 aliphatic heterocycles. The largest absolute Gasteiger partial charge is 0.399 e. The van der Waals surface area contributed by atoms with Crippen LogP contribution >= 0.6 is 0 Å². The number of nitrogen functional groups attached to an aromatic ring is 2. The highest BCUT2D eigenvalue weighted by Gasteiger charge is 2.21. The number of aryl methyl sites for hydroxylation is 3. The Kier molecular flexibility index (Phi) is 6.12. The van der Waals surface area contributed by atoms with Gasteiger partial charge in [-0.05, 0) is 86.3 Å². The summed E-state index contributed by atoms with van der Waals surface area (Å²) in [5.41, 5.74) is 15.3. The number of hydrogen-bond acceptors (Lipinski definition) is 6. The van der Waals surface area contributed by atoms with Crippen molar-refractivity contribution < 1.29 is 16.8 Å². The van der Waals surface area contributed by atoms with E-state index in [0.29, 0.717) is 22.4 Å². The average Bonchev–Trinajstić information content (AvgIpc) is 2.66. The lowest BCUT2D eigenvalue weighted by Gasteiger charge is -2.17. The minimum absolute atomic E-state index is 0.0466. The number of hydrogen-bond donors (Lipinski definition) is 4. The maximum atomic E-state index is 13.0. The first-order valence-corrected chi connectivity index (χ1v) is 12.7. The summed E-state index contributed by atoms with van der Waals surface area (Å²) >= 11 is 0. The molecule has 0 fully saturated rings. The van der Waals surface area contributed by atoms with Gasteiger partial charge in [-0.3, -0.25) is 9.44 Å². The maximum Gasteiger partial charge on any atom is 0.263 e. The molecule has 170 valence electrons. The normalized spacial score (nSPS) is 11.9. The number of sulfonamides is 2. The molecule has 0 aromatic heterocycles. The Balaban J connectivity index is 2.00. The second-order valence-corrected chi connectivity index (χ2v) is 11.0. The summed E-state index contributed by atoms with van der Waals surface area (Å²) in [4.78, 5) is -0.00758. The molecule has 32 heavy (non-hydrogen) atoms. The first kappa shape index (κ1) is 23.4. The van der Waals surface area contributed by atoms with Crippen LogP contribution in [0.1, 0.15) is 22.3 Å². The molecule has 8 nitrogen and oxygen atoms in total. The summed E-state index contributed by atoms with van der Waals surface area (Å²) in [5.74, 6) is 0. The van der Waals surface area contributed by atoms with Gasteiger partial charge in [-0.2, -0.15) is 0 Å². The van der Waals surface area contributed by atoms with E-state index in [1.807, 2.05) is 6.92 Å². The van der Waals surface area contributed by atoms with Crippen molar-refractivity contribution >= 4 is 42.8 Å². The Morgan fingerprint density at radius 3 is 2.00 bits per heavy atom. The molecule has 0 amide bonds. The number of nitrogens with two attached hydrogens (primary N) is 2. The second kappa shape index (κ2) is 8.36. The third-order valence-electron chi connectivity index (χ3n) is 5.12. The maximum absolute atomic E-state index is 13.0. The van der Waals surface area contributed by atoms with Gasteiger partial charge in [0.1, 0.15) is 4.90 Å². The van der Waals surface area contributed by atoms with E-state index in [1.165, 1.54) is 18.2 Å². The molecule has 0 bridgehead atoms. The van der Waals surface area contributed by atoms with Gasteiger partial charge in [-0.15, -0.1) is 0 Å². The van der Waals surface area contributed by atoms with Crippen LogP contribution in [-0.4, -0.2) is 16.8 Å². The van der Waals surface area contributed by atoms with E-state index in [0.717, 1.165) is 5.56 Å². The van der Waals surface area contributed by atoms with Gasteiger partial charge in [-0.25, -0.2) is 16.8 Å². The molecule has 0 saturated heterocycles. The van der Waals surface area contributed by atoms with Crippen LogP contribution in [0.2, 0.25) is 0 Å². The molecule has 0 heterocycles. The summed E-state index contributed by atoms with van der Waals surface area (Å²) in [5, 5.41) is 0. The zero-order chi connectivity index (χ0) is 23.8. The topological polar surface area (TPSA) is 144 Å². The number of anilines is 4. The fourth-order valence-corrected chi connectivity index (χ4v) is 5.80. The predicted molar refractivity (Wildman–Crippen MR) is 129 cm³/mol. The number of benzene rings is 3. The minimum Gasteiger partial charge on any atom is -0.399 e. The zero-order valence-electron chi connectivity index (χ0n) is 18.2. The van der Waals surface area contributed by atoms with Crippen LogP contribution in [0.5, 0.6) is 0 Å². The molecule has 10 heteroatoms. The Morgan fingerprint density at radius 2 is 1.34 bits per heavy atom. The molecule has 6 N–H and O–H groups in total. The molecule has 0 aliphatic rings. The van der Waals surface area contributed by atoms with Crippen LogP contribution in [0, 0.1) is 27.7 Å². The first-order valence-electron chi connectivity index (χ1n) is 9.69. The van der Waals surface area contributed by atoms with Crippen LogP contribution in [0.4, 0.5) is 22.7 Å². The van der Waals surface area contributed by atoms with E-state index in [1.54, 1.807) is 51.1 Å². The molecule has 0 radical (unpaired) electrons. The van der Waals surface area contributed by atoms with E-state index in [4.69, 9.17) is 11.5 Å². The third-order valence-corrected chi connectivity index (χ3v) is 8.08. The molecule has 3 aromatic rings. The van der Waals surface area contributed by atoms with Gasteiger partial charge in [0, 0.05) is 5.69 Å². The van der Waals surface area contributed by atoms with Crippen LogP contribution in [0.15, 0.2) is 58.3 Å². The van der Waals surface area contributed by atoms with Crippen molar-refractivity contribution in [3.8, 4) is 0 Å². The number of nitrogens with one attached hydrogen (secondary N) is 2.